The van der Waals surface area contributed by atoms with E-state index in [0.717, 1.165) is 45.2 Å². The van der Waals surface area contributed by atoms with Crippen LogP contribution in [0.25, 0.3) is 0 Å². The fourth-order valence-electron chi connectivity index (χ4n) is 4.28. The quantitative estimate of drug-likeness (QED) is 0.782. The molecule has 3 unspecified atom stereocenters. The lowest BCUT2D eigenvalue weighted by Crippen LogP contribution is -2.52. The molecule has 2 bridgehead atoms. The molecule has 8 heteroatoms. The Balaban J connectivity index is 0.00000208. The van der Waals surface area contributed by atoms with Gasteiger partial charge >= 0.3 is 0 Å². The minimum Gasteiger partial charge on any atom is -0.334 e. The van der Waals surface area contributed by atoms with Crippen molar-refractivity contribution in [1.82, 2.24) is 14.5 Å². The number of fused-ring (bicyclic) bond motifs is 2. The molecule has 0 aromatic carbocycles. The molecule has 3 heterocycles. The molecule has 0 aliphatic carbocycles. The standard InChI is InChI=1S/C16H29N3O3S.ClH/c1-2-3-11-23(21,22)18-10-4-5-15(18)16(20)19-13-6-7-14(19)12-17-9-8-13;/h13-15,17H,2-12H2,1H3;1H. The molecule has 0 saturated carbocycles. The van der Waals surface area contributed by atoms with Crippen molar-refractivity contribution in [3.05, 3.63) is 0 Å². The molecule has 140 valence electrons. The molecule has 1 N–H and O–H groups in total. The van der Waals surface area contributed by atoms with Gasteiger partial charge < -0.3 is 10.2 Å². The first-order valence-electron chi connectivity index (χ1n) is 9.07. The lowest BCUT2D eigenvalue weighted by atomic mass is 10.1. The summed E-state index contributed by atoms with van der Waals surface area (Å²) in [5.41, 5.74) is 0. The lowest BCUT2D eigenvalue weighted by molar-refractivity contribution is -0.137. The molecule has 3 aliphatic rings. The van der Waals surface area contributed by atoms with Gasteiger partial charge in [0.25, 0.3) is 0 Å². The summed E-state index contributed by atoms with van der Waals surface area (Å²) in [6.45, 7) is 4.29. The number of nitrogens with zero attached hydrogens (tertiary/aromatic N) is 2. The lowest BCUT2D eigenvalue weighted by Gasteiger charge is -2.33. The Morgan fingerprint density at radius 3 is 2.67 bits per heavy atom. The number of unbranched alkanes of at least 4 members (excludes halogenated alkanes) is 1. The summed E-state index contributed by atoms with van der Waals surface area (Å²) in [5.74, 6) is 0.223. The van der Waals surface area contributed by atoms with Crippen molar-refractivity contribution >= 4 is 28.3 Å². The summed E-state index contributed by atoms with van der Waals surface area (Å²) in [5, 5.41) is 3.40. The topological polar surface area (TPSA) is 69.7 Å². The van der Waals surface area contributed by atoms with Crippen molar-refractivity contribution in [2.75, 3.05) is 25.4 Å². The molecular formula is C16H30ClN3O3S. The molecule has 24 heavy (non-hydrogen) atoms. The van der Waals surface area contributed by atoms with Crippen molar-refractivity contribution in [3.63, 3.8) is 0 Å². The minimum atomic E-state index is -3.31. The summed E-state index contributed by atoms with van der Waals surface area (Å²) >= 11 is 0. The van der Waals surface area contributed by atoms with E-state index in [1.54, 1.807) is 0 Å². The third kappa shape index (κ3) is 3.89. The number of halogens is 1. The highest BCUT2D eigenvalue weighted by Gasteiger charge is 2.45. The molecule has 0 spiro atoms. The highest BCUT2D eigenvalue weighted by Crippen LogP contribution is 2.32. The third-order valence-corrected chi connectivity index (χ3v) is 7.47. The van der Waals surface area contributed by atoms with Gasteiger partial charge in [-0.1, -0.05) is 13.3 Å². The van der Waals surface area contributed by atoms with Gasteiger partial charge in [-0.25, -0.2) is 8.42 Å². The Morgan fingerprint density at radius 2 is 1.92 bits per heavy atom. The molecule has 3 rings (SSSR count). The predicted molar refractivity (Wildman–Crippen MR) is 96.8 cm³/mol. The maximum absolute atomic E-state index is 13.1. The summed E-state index contributed by atoms with van der Waals surface area (Å²) in [4.78, 5) is 15.2. The van der Waals surface area contributed by atoms with Crippen LogP contribution in [0.4, 0.5) is 0 Å². The molecule has 3 atom stereocenters. The molecular weight excluding hydrogens is 350 g/mol. The van der Waals surface area contributed by atoms with Crippen molar-refractivity contribution in [2.45, 2.75) is 70.0 Å². The van der Waals surface area contributed by atoms with Crippen LogP contribution < -0.4 is 5.32 Å². The zero-order valence-corrected chi connectivity index (χ0v) is 16.1. The molecule has 0 aromatic rings. The minimum absolute atomic E-state index is 0. The number of rotatable bonds is 5. The normalized spacial score (nSPS) is 30.9. The van der Waals surface area contributed by atoms with Crippen molar-refractivity contribution < 1.29 is 13.2 Å². The highest BCUT2D eigenvalue weighted by molar-refractivity contribution is 7.89. The Kier molecular flexibility index (Phi) is 6.93. The Hall–Kier alpha value is -0.370. The zero-order chi connectivity index (χ0) is 16.4. The van der Waals surface area contributed by atoms with Crippen LogP contribution in [0.3, 0.4) is 0 Å². The molecule has 6 nitrogen and oxygen atoms in total. The zero-order valence-electron chi connectivity index (χ0n) is 14.4. The maximum atomic E-state index is 13.1. The largest absolute Gasteiger partial charge is 0.334 e. The van der Waals surface area contributed by atoms with E-state index in [2.05, 4.69) is 5.32 Å². The Bertz CT molecular complexity index is 529. The number of hydrogen-bond donors (Lipinski definition) is 1. The fourth-order valence-corrected chi connectivity index (χ4v) is 6.16. The van der Waals surface area contributed by atoms with E-state index in [-0.39, 0.29) is 30.1 Å². The molecule has 1 amide bonds. The van der Waals surface area contributed by atoms with E-state index in [4.69, 9.17) is 0 Å². The summed E-state index contributed by atoms with van der Waals surface area (Å²) in [7, 11) is -3.31. The van der Waals surface area contributed by atoms with Crippen LogP contribution in [0.1, 0.15) is 51.9 Å². The van der Waals surface area contributed by atoms with Crippen LogP contribution in [0.5, 0.6) is 0 Å². The number of carbonyl (C=O) groups excluding carboxylic acids is 1. The van der Waals surface area contributed by atoms with Crippen molar-refractivity contribution in [1.29, 1.82) is 0 Å². The second-order valence-corrected chi connectivity index (χ2v) is 9.10. The summed E-state index contributed by atoms with van der Waals surface area (Å²) < 4.78 is 26.7. The van der Waals surface area contributed by atoms with Crippen LogP contribution in [0.15, 0.2) is 0 Å². The Labute approximate surface area is 151 Å². The van der Waals surface area contributed by atoms with E-state index in [9.17, 15) is 13.2 Å². The summed E-state index contributed by atoms with van der Waals surface area (Å²) in [6.07, 6.45) is 6.08. The smallest absolute Gasteiger partial charge is 0.241 e. The number of nitrogens with one attached hydrogen (secondary N) is 1. The number of carbonyl (C=O) groups is 1. The van der Waals surface area contributed by atoms with Gasteiger partial charge in [0.1, 0.15) is 6.04 Å². The van der Waals surface area contributed by atoms with Crippen LogP contribution >= 0.6 is 12.4 Å². The third-order valence-electron chi connectivity index (χ3n) is 5.51. The average Bonchev–Trinajstić information content (AvgIpc) is 3.09. The number of amides is 1. The first kappa shape index (κ1) is 19.9. The average molecular weight is 380 g/mol. The second kappa shape index (κ2) is 8.34. The monoisotopic (exact) mass is 379 g/mol. The fraction of sp³-hybridized carbons (Fsp3) is 0.938. The predicted octanol–water partition coefficient (Wildman–Crippen LogP) is 1.36. The van der Waals surface area contributed by atoms with Crippen LogP contribution in [-0.2, 0) is 14.8 Å². The molecule has 3 aliphatic heterocycles. The van der Waals surface area contributed by atoms with Gasteiger partial charge in [0.2, 0.25) is 15.9 Å². The summed E-state index contributed by atoms with van der Waals surface area (Å²) in [6, 6.07) is 0.0807. The Morgan fingerprint density at radius 1 is 1.17 bits per heavy atom. The van der Waals surface area contributed by atoms with Gasteiger partial charge in [-0.05, 0) is 45.1 Å². The van der Waals surface area contributed by atoms with E-state index in [0.29, 0.717) is 25.4 Å². The van der Waals surface area contributed by atoms with Gasteiger partial charge in [-0.15, -0.1) is 12.4 Å². The SMILES string of the molecule is CCCCS(=O)(=O)N1CCCC1C(=O)N1C2CCNCC1CC2.Cl. The second-order valence-electron chi connectivity index (χ2n) is 7.06. The molecule has 3 fully saturated rings. The highest BCUT2D eigenvalue weighted by atomic mass is 35.5. The number of hydrogen-bond acceptors (Lipinski definition) is 4. The maximum Gasteiger partial charge on any atom is 0.241 e. The first-order valence-corrected chi connectivity index (χ1v) is 10.7. The van der Waals surface area contributed by atoms with E-state index in [1.807, 2.05) is 11.8 Å². The van der Waals surface area contributed by atoms with Crippen LogP contribution in [-0.4, -0.2) is 67.0 Å². The molecule has 0 aromatic heterocycles. The van der Waals surface area contributed by atoms with Crippen molar-refractivity contribution in [3.8, 4) is 0 Å². The first-order chi connectivity index (χ1) is 11.0. The van der Waals surface area contributed by atoms with Crippen LogP contribution in [0.2, 0.25) is 0 Å². The van der Waals surface area contributed by atoms with Gasteiger partial charge in [0.15, 0.2) is 0 Å². The van der Waals surface area contributed by atoms with E-state index < -0.39 is 16.1 Å². The van der Waals surface area contributed by atoms with Crippen molar-refractivity contribution in [2.24, 2.45) is 0 Å². The van der Waals surface area contributed by atoms with Gasteiger partial charge in [0, 0.05) is 25.2 Å². The van der Waals surface area contributed by atoms with E-state index in [1.165, 1.54) is 4.31 Å². The van der Waals surface area contributed by atoms with Gasteiger partial charge in [-0.3, -0.25) is 4.79 Å². The van der Waals surface area contributed by atoms with Crippen LogP contribution in [0, 0.1) is 0 Å². The number of sulfonamides is 1. The van der Waals surface area contributed by atoms with E-state index >= 15 is 0 Å². The molecule has 3 saturated heterocycles. The van der Waals surface area contributed by atoms with Gasteiger partial charge in [-0.2, -0.15) is 4.31 Å². The van der Waals surface area contributed by atoms with Gasteiger partial charge in [0.05, 0.1) is 5.75 Å². The molecule has 0 radical (unpaired) electrons.